The Labute approximate surface area is 195 Å². The summed E-state index contributed by atoms with van der Waals surface area (Å²) in [6.45, 7) is 2.07. The lowest BCUT2D eigenvalue weighted by molar-refractivity contribution is 0.293. The Kier molecular flexibility index (Phi) is 6.54. The second-order valence-electron chi connectivity index (χ2n) is 9.10. The van der Waals surface area contributed by atoms with Gasteiger partial charge in [0.25, 0.3) is 0 Å². The van der Waals surface area contributed by atoms with Crippen LogP contribution >= 0.6 is 0 Å². The molecule has 0 bridgehead atoms. The van der Waals surface area contributed by atoms with Crippen molar-refractivity contribution in [1.29, 1.82) is 5.26 Å². The van der Waals surface area contributed by atoms with Crippen LogP contribution in [0.3, 0.4) is 0 Å². The van der Waals surface area contributed by atoms with Crippen molar-refractivity contribution in [2.24, 2.45) is 0 Å². The number of hydrogen-bond donors (Lipinski definition) is 2. The molecule has 2 fully saturated rings. The summed E-state index contributed by atoms with van der Waals surface area (Å²) < 4.78 is 1.86. The van der Waals surface area contributed by atoms with Gasteiger partial charge in [-0.1, -0.05) is 12.8 Å². The molecule has 1 saturated heterocycles. The predicted molar refractivity (Wildman–Crippen MR) is 131 cm³/mol. The minimum absolute atomic E-state index is 0.365. The Bertz CT molecular complexity index is 1070. The zero-order valence-corrected chi connectivity index (χ0v) is 18.9. The van der Waals surface area contributed by atoms with E-state index in [4.69, 9.17) is 5.26 Å². The molecule has 1 saturated carbocycles. The number of nitrogens with one attached hydrogen (secondary N) is 2. The SMILES string of the molecule is N#Cc1ccc(N2CCC[C@H](N[C@@H]3CCCC[C@H]3Nc3cc(-n4cccn4)ccn3)C2)cc1. The highest BCUT2D eigenvalue weighted by molar-refractivity contribution is 5.50. The smallest absolute Gasteiger partial charge is 0.128 e. The minimum atomic E-state index is 0.365. The van der Waals surface area contributed by atoms with Crippen LogP contribution in [0.15, 0.2) is 61.1 Å². The minimum Gasteiger partial charge on any atom is -0.370 e. The molecule has 2 N–H and O–H groups in total. The van der Waals surface area contributed by atoms with E-state index in [1.807, 2.05) is 41.3 Å². The Morgan fingerprint density at radius 2 is 1.79 bits per heavy atom. The average molecular weight is 442 g/mol. The van der Waals surface area contributed by atoms with Gasteiger partial charge in [0.1, 0.15) is 5.82 Å². The van der Waals surface area contributed by atoms with Crippen molar-refractivity contribution in [2.75, 3.05) is 23.3 Å². The zero-order valence-electron chi connectivity index (χ0n) is 18.9. The third-order valence-corrected chi connectivity index (χ3v) is 6.84. The lowest BCUT2D eigenvalue weighted by Crippen LogP contribution is -2.55. The summed E-state index contributed by atoms with van der Waals surface area (Å²) in [6, 6.07) is 17.4. The molecule has 3 aromatic rings. The average Bonchev–Trinajstić information content (AvgIpc) is 3.41. The lowest BCUT2D eigenvalue weighted by Gasteiger charge is -2.40. The van der Waals surface area contributed by atoms with Gasteiger partial charge < -0.3 is 15.5 Å². The highest BCUT2D eigenvalue weighted by Gasteiger charge is 2.29. The first-order chi connectivity index (χ1) is 16.3. The van der Waals surface area contributed by atoms with Crippen LogP contribution in [0.2, 0.25) is 0 Å². The van der Waals surface area contributed by atoms with Crippen LogP contribution in [-0.4, -0.2) is 46.0 Å². The normalized spacial score (nSPS) is 23.1. The first-order valence-electron chi connectivity index (χ1n) is 12.0. The van der Waals surface area contributed by atoms with Gasteiger partial charge in [0.05, 0.1) is 17.3 Å². The summed E-state index contributed by atoms with van der Waals surface area (Å²) in [4.78, 5) is 7.03. The second kappa shape index (κ2) is 10.1. The molecular weight excluding hydrogens is 410 g/mol. The molecule has 7 heteroatoms. The number of benzene rings is 1. The molecule has 3 heterocycles. The van der Waals surface area contributed by atoms with E-state index in [0.29, 0.717) is 23.7 Å². The number of nitriles is 1. The van der Waals surface area contributed by atoms with Gasteiger partial charge in [-0.3, -0.25) is 0 Å². The van der Waals surface area contributed by atoms with Crippen LogP contribution < -0.4 is 15.5 Å². The third-order valence-electron chi connectivity index (χ3n) is 6.84. The number of aromatic nitrogens is 3. The summed E-state index contributed by atoms with van der Waals surface area (Å²) in [5, 5.41) is 21.1. The van der Waals surface area contributed by atoms with E-state index in [1.165, 1.54) is 37.8 Å². The molecule has 0 radical (unpaired) electrons. The molecule has 1 aliphatic heterocycles. The Morgan fingerprint density at radius 3 is 2.58 bits per heavy atom. The van der Waals surface area contributed by atoms with E-state index in [0.717, 1.165) is 31.0 Å². The highest BCUT2D eigenvalue weighted by Crippen LogP contribution is 2.25. The number of anilines is 2. The quantitative estimate of drug-likeness (QED) is 0.599. The van der Waals surface area contributed by atoms with E-state index in [9.17, 15) is 0 Å². The number of hydrogen-bond acceptors (Lipinski definition) is 6. The molecule has 7 nitrogen and oxygen atoms in total. The van der Waals surface area contributed by atoms with E-state index in [1.54, 1.807) is 6.20 Å². The van der Waals surface area contributed by atoms with Crippen molar-refractivity contribution in [3.8, 4) is 11.8 Å². The van der Waals surface area contributed by atoms with Crippen LogP contribution in [0.25, 0.3) is 5.69 Å². The van der Waals surface area contributed by atoms with Crippen molar-refractivity contribution in [3.63, 3.8) is 0 Å². The number of pyridine rings is 1. The maximum absolute atomic E-state index is 9.07. The molecule has 5 rings (SSSR count). The fourth-order valence-corrected chi connectivity index (χ4v) is 5.15. The molecule has 2 aromatic heterocycles. The van der Waals surface area contributed by atoms with E-state index in [2.05, 4.69) is 49.9 Å². The summed E-state index contributed by atoms with van der Waals surface area (Å²) in [6.07, 6.45) is 12.8. The van der Waals surface area contributed by atoms with Crippen LogP contribution in [-0.2, 0) is 0 Å². The fraction of sp³-hybridized carbons (Fsp3) is 0.423. The van der Waals surface area contributed by atoms with Crippen molar-refractivity contribution in [2.45, 2.75) is 56.7 Å². The second-order valence-corrected chi connectivity index (χ2v) is 9.10. The summed E-state index contributed by atoms with van der Waals surface area (Å²) in [5.74, 6) is 0.907. The van der Waals surface area contributed by atoms with Gasteiger partial charge in [-0.2, -0.15) is 10.4 Å². The van der Waals surface area contributed by atoms with Crippen LogP contribution in [0.1, 0.15) is 44.1 Å². The molecule has 3 atom stereocenters. The number of piperidine rings is 1. The first-order valence-corrected chi connectivity index (χ1v) is 12.0. The highest BCUT2D eigenvalue weighted by atomic mass is 15.3. The molecular formula is C26H31N7. The maximum Gasteiger partial charge on any atom is 0.128 e. The monoisotopic (exact) mass is 441 g/mol. The Balaban J connectivity index is 1.23. The van der Waals surface area contributed by atoms with Crippen molar-refractivity contribution >= 4 is 11.5 Å². The number of nitrogens with zero attached hydrogens (tertiary/aromatic N) is 5. The largest absolute Gasteiger partial charge is 0.370 e. The first kappa shape index (κ1) is 21.5. The summed E-state index contributed by atoms with van der Waals surface area (Å²) in [7, 11) is 0. The topological polar surface area (TPSA) is 81.8 Å². The van der Waals surface area contributed by atoms with Crippen molar-refractivity contribution in [3.05, 3.63) is 66.6 Å². The van der Waals surface area contributed by atoms with Gasteiger partial charge in [-0.15, -0.1) is 0 Å². The summed E-state index contributed by atoms with van der Waals surface area (Å²) >= 11 is 0. The van der Waals surface area contributed by atoms with Gasteiger partial charge >= 0.3 is 0 Å². The number of rotatable bonds is 6. The van der Waals surface area contributed by atoms with Gasteiger partial charge in [0.15, 0.2) is 0 Å². The van der Waals surface area contributed by atoms with Crippen molar-refractivity contribution in [1.82, 2.24) is 20.1 Å². The van der Waals surface area contributed by atoms with E-state index in [-0.39, 0.29) is 0 Å². The van der Waals surface area contributed by atoms with Crippen LogP contribution in [0.4, 0.5) is 11.5 Å². The lowest BCUT2D eigenvalue weighted by atomic mass is 9.89. The zero-order chi connectivity index (χ0) is 22.5. The van der Waals surface area contributed by atoms with Gasteiger partial charge in [-0.25, -0.2) is 9.67 Å². The summed E-state index contributed by atoms with van der Waals surface area (Å²) in [5.41, 5.74) is 2.94. The molecule has 0 unspecified atom stereocenters. The predicted octanol–water partition coefficient (Wildman–Crippen LogP) is 4.12. The molecule has 2 aliphatic rings. The van der Waals surface area contributed by atoms with Gasteiger partial charge in [-0.05, 0) is 62.1 Å². The van der Waals surface area contributed by atoms with Crippen LogP contribution in [0, 0.1) is 11.3 Å². The van der Waals surface area contributed by atoms with E-state index >= 15 is 0 Å². The molecule has 0 amide bonds. The van der Waals surface area contributed by atoms with Crippen molar-refractivity contribution < 1.29 is 0 Å². The molecule has 1 aliphatic carbocycles. The maximum atomic E-state index is 9.07. The van der Waals surface area contributed by atoms with Gasteiger partial charge in [0.2, 0.25) is 0 Å². The molecule has 170 valence electrons. The fourth-order valence-electron chi connectivity index (χ4n) is 5.15. The van der Waals surface area contributed by atoms with Gasteiger partial charge in [0, 0.05) is 61.6 Å². The molecule has 1 aromatic carbocycles. The standard InChI is InChI=1S/C26H31N7/c27-18-20-8-10-22(11-9-20)32-15-3-5-21(19-32)30-24-6-1-2-7-25(24)31-26-17-23(12-14-28-26)33-16-4-13-29-33/h4,8-14,16-17,21,24-25,30H,1-3,5-7,15,19H2,(H,28,31)/t21-,24+,25+/m0/s1. The molecule has 33 heavy (non-hydrogen) atoms. The third kappa shape index (κ3) is 5.18. The van der Waals surface area contributed by atoms with E-state index < -0.39 is 0 Å². The van der Waals surface area contributed by atoms with Crippen LogP contribution in [0.5, 0.6) is 0 Å². The Hall–Kier alpha value is -3.37. The molecule has 0 spiro atoms. The Morgan fingerprint density at radius 1 is 0.939 bits per heavy atom.